The van der Waals surface area contributed by atoms with Crippen LogP contribution in [-0.4, -0.2) is 18.3 Å². The lowest BCUT2D eigenvalue weighted by Gasteiger charge is -2.30. The lowest BCUT2D eigenvalue weighted by Crippen LogP contribution is -2.34. The van der Waals surface area contributed by atoms with Crippen LogP contribution in [0.25, 0.3) is 0 Å². The van der Waals surface area contributed by atoms with E-state index in [4.69, 9.17) is 5.73 Å². The first-order valence-electron chi connectivity index (χ1n) is 5.41. The Kier molecular flexibility index (Phi) is 6.35. The number of hydrogen-bond donors (Lipinski definition) is 2. The molecule has 1 unspecified atom stereocenters. The summed E-state index contributed by atoms with van der Waals surface area (Å²) in [5.74, 6) is 0.703. The molecule has 13 heavy (non-hydrogen) atoms. The molecule has 0 amide bonds. The monoisotopic (exact) mass is 187 g/mol. The van der Waals surface area contributed by atoms with Gasteiger partial charge in [-0.15, -0.1) is 0 Å². The van der Waals surface area contributed by atoms with Gasteiger partial charge < -0.3 is 10.8 Å². The Morgan fingerprint density at radius 3 is 2.23 bits per heavy atom. The molecule has 0 aliphatic heterocycles. The molecule has 2 heteroatoms. The Morgan fingerprint density at radius 2 is 1.92 bits per heavy atom. The molecule has 80 valence electrons. The second-order valence-corrected chi connectivity index (χ2v) is 4.54. The maximum atomic E-state index is 9.34. The number of hydrogen-bond acceptors (Lipinski definition) is 2. The van der Waals surface area contributed by atoms with Crippen molar-refractivity contribution in [2.24, 2.45) is 17.1 Å². The van der Waals surface area contributed by atoms with Crippen LogP contribution in [0.3, 0.4) is 0 Å². The lowest BCUT2D eigenvalue weighted by molar-refractivity contribution is 0.105. The number of nitrogens with two attached hydrogens (primary N) is 1. The topological polar surface area (TPSA) is 46.2 Å². The van der Waals surface area contributed by atoms with Crippen molar-refractivity contribution in [2.45, 2.75) is 46.5 Å². The fourth-order valence-corrected chi connectivity index (χ4v) is 1.68. The lowest BCUT2D eigenvalue weighted by atomic mass is 9.78. The Balaban J connectivity index is 4.04. The van der Waals surface area contributed by atoms with E-state index in [1.165, 1.54) is 0 Å². The normalized spacial score (nSPS) is 16.2. The minimum Gasteiger partial charge on any atom is -0.396 e. The molecule has 0 aromatic heterocycles. The summed E-state index contributed by atoms with van der Waals surface area (Å²) in [7, 11) is 0. The largest absolute Gasteiger partial charge is 0.396 e. The Bertz CT molecular complexity index is 119. The zero-order valence-corrected chi connectivity index (χ0v) is 9.34. The molecule has 0 bridgehead atoms. The van der Waals surface area contributed by atoms with Crippen molar-refractivity contribution in [3.05, 3.63) is 0 Å². The molecule has 0 heterocycles. The summed E-state index contributed by atoms with van der Waals surface area (Å²) in [5.41, 5.74) is 5.73. The third-order valence-electron chi connectivity index (χ3n) is 2.80. The van der Waals surface area contributed by atoms with Gasteiger partial charge in [-0.3, -0.25) is 0 Å². The van der Waals surface area contributed by atoms with Gasteiger partial charge in [-0.2, -0.15) is 0 Å². The van der Waals surface area contributed by atoms with E-state index in [2.05, 4.69) is 20.8 Å². The van der Waals surface area contributed by atoms with E-state index in [1.807, 2.05) is 0 Å². The summed E-state index contributed by atoms with van der Waals surface area (Å²) in [6.45, 7) is 7.43. The molecule has 1 atom stereocenters. The van der Waals surface area contributed by atoms with Crippen molar-refractivity contribution in [1.82, 2.24) is 0 Å². The first-order chi connectivity index (χ1) is 6.10. The summed E-state index contributed by atoms with van der Waals surface area (Å²) in [4.78, 5) is 0. The fraction of sp³-hybridized carbons (Fsp3) is 1.00. The van der Waals surface area contributed by atoms with Crippen LogP contribution in [0.4, 0.5) is 0 Å². The molecular weight excluding hydrogens is 162 g/mol. The summed E-state index contributed by atoms with van der Waals surface area (Å²) >= 11 is 0. The highest BCUT2D eigenvalue weighted by atomic mass is 16.3. The molecule has 3 N–H and O–H groups in total. The van der Waals surface area contributed by atoms with Gasteiger partial charge in [0.1, 0.15) is 0 Å². The van der Waals surface area contributed by atoms with E-state index >= 15 is 0 Å². The first-order valence-corrected chi connectivity index (χ1v) is 5.41. The molecule has 0 rings (SSSR count). The maximum absolute atomic E-state index is 9.34. The predicted octanol–water partition coefficient (Wildman–Crippen LogP) is 2.16. The van der Waals surface area contributed by atoms with Crippen LogP contribution in [0.5, 0.6) is 0 Å². The van der Waals surface area contributed by atoms with Gasteiger partial charge in [-0.25, -0.2) is 0 Å². The highest BCUT2D eigenvalue weighted by Gasteiger charge is 2.26. The zero-order valence-electron chi connectivity index (χ0n) is 9.34. The molecule has 0 aliphatic carbocycles. The smallest absolute Gasteiger partial charge is 0.0499 e. The average Bonchev–Trinajstić information content (AvgIpc) is 2.12. The predicted molar refractivity (Wildman–Crippen MR) is 57.6 cm³/mol. The summed E-state index contributed by atoms with van der Waals surface area (Å²) in [6, 6.07) is 0. The molecule has 0 radical (unpaired) electrons. The quantitative estimate of drug-likeness (QED) is 0.641. The molecule has 2 nitrogen and oxygen atoms in total. The van der Waals surface area contributed by atoms with Gasteiger partial charge in [0, 0.05) is 18.6 Å². The Hall–Kier alpha value is -0.0800. The van der Waals surface area contributed by atoms with Crippen LogP contribution in [0.2, 0.25) is 0 Å². The summed E-state index contributed by atoms with van der Waals surface area (Å²) in [6.07, 6.45) is 4.38. The summed E-state index contributed by atoms with van der Waals surface area (Å²) in [5, 5.41) is 9.34. The van der Waals surface area contributed by atoms with Crippen LogP contribution in [0.1, 0.15) is 46.5 Å². The van der Waals surface area contributed by atoms with E-state index in [0.717, 1.165) is 25.7 Å². The van der Waals surface area contributed by atoms with Crippen molar-refractivity contribution >= 4 is 0 Å². The molecule has 0 fully saturated rings. The van der Waals surface area contributed by atoms with Gasteiger partial charge in [-0.1, -0.05) is 33.6 Å². The zero-order chi connectivity index (χ0) is 10.3. The van der Waals surface area contributed by atoms with E-state index in [-0.39, 0.29) is 12.0 Å². The van der Waals surface area contributed by atoms with Crippen molar-refractivity contribution in [2.75, 3.05) is 13.2 Å². The van der Waals surface area contributed by atoms with Crippen LogP contribution in [0, 0.1) is 11.3 Å². The van der Waals surface area contributed by atoms with E-state index in [0.29, 0.717) is 12.5 Å². The standard InChI is InChI=1S/C11H25NO/c1-4-6-11(8-12,9-13)7-5-10(2)3/h10,13H,4-9,12H2,1-3H3. The van der Waals surface area contributed by atoms with Crippen molar-refractivity contribution < 1.29 is 5.11 Å². The fourth-order valence-electron chi connectivity index (χ4n) is 1.68. The molecule has 0 aromatic carbocycles. The average molecular weight is 187 g/mol. The van der Waals surface area contributed by atoms with Gasteiger partial charge in [0.05, 0.1) is 0 Å². The van der Waals surface area contributed by atoms with Crippen molar-refractivity contribution in [3.63, 3.8) is 0 Å². The molecule has 0 spiro atoms. The third kappa shape index (κ3) is 4.63. The highest BCUT2D eigenvalue weighted by molar-refractivity contribution is 4.79. The molecular formula is C11H25NO. The van der Waals surface area contributed by atoms with Crippen LogP contribution >= 0.6 is 0 Å². The minimum absolute atomic E-state index is 0.000972. The SMILES string of the molecule is CCCC(CN)(CO)CCC(C)C. The summed E-state index contributed by atoms with van der Waals surface area (Å²) < 4.78 is 0. The molecule has 0 saturated carbocycles. The van der Waals surface area contributed by atoms with Gasteiger partial charge in [-0.05, 0) is 18.8 Å². The van der Waals surface area contributed by atoms with E-state index < -0.39 is 0 Å². The second-order valence-electron chi connectivity index (χ2n) is 4.54. The van der Waals surface area contributed by atoms with Gasteiger partial charge in [0.25, 0.3) is 0 Å². The third-order valence-corrected chi connectivity index (χ3v) is 2.80. The van der Waals surface area contributed by atoms with E-state index in [9.17, 15) is 5.11 Å². The number of aliphatic hydroxyl groups is 1. The first kappa shape index (κ1) is 12.9. The molecule has 0 saturated heterocycles. The van der Waals surface area contributed by atoms with Crippen molar-refractivity contribution in [3.8, 4) is 0 Å². The van der Waals surface area contributed by atoms with Gasteiger partial charge in [0.2, 0.25) is 0 Å². The second kappa shape index (κ2) is 6.39. The van der Waals surface area contributed by atoms with Crippen molar-refractivity contribution in [1.29, 1.82) is 0 Å². The van der Waals surface area contributed by atoms with Crippen LogP contribution in [0.15, 0.2) is 0 Å². The molecule has 0 aromatic rings. The van der Waals surface area contributed by atoms with Crippen LogP contribution < -0.4 is 5.73 Å². The van der Waals surface area contributed by atoms with Gasteiger partial charge >= 0.3 is 0 Å². The van der Waals surface area contributed by atoms with Crippen LogP contribution in [-0.2, 0) is 0 Å². The number of aliphatic hydroxyl groups excluding tert-OH is 1. The maximum Gasteiger partial charge on any atom is 0.0499 e. The molecule has 0 aliphatic rings. The highest BCUT2D eigenvalue weighted by Crippen LogP contribution is 2.29. The number of rotatable bonds is 7. The van der Waals surface area contributed by atoms with Gasteiger partial charge in [0.15, 0.2) is 0 Å². The Labute approximate surface area is 82.5 Å². The Morgan fingerprint density at radius 1 is 1.31 bits per heavy atom. The van der Waals surface area contributed by atoms with E-state index in [1.54, 1.807) is 0 Å². The minimum atomic E-state index is -0.000972.